The summed E-state index contributed by atoms with van der Waals surface area (Å²) < 4.78 is 40.9. The Labute approximate surface area is 236 Å². The van der Waals surface area contributed by atoms with E-state index in [1.165, 1.54) is 17.7 Å². The highest BCUT2D eigenvalue weighted by Gasteiger charge is 2.30. The van der Waals surface area contributed by atoms with Gasteiger partial charge in [-0.2, -0.15) is 23.1 Å². The van der Waals surface area contributed by atoms with Gasteiger partial charge in [-0.15, -0.1) is 0 Å². The van der Waals surface area contributed by atoms with Gasteiger partial charge in [-0.25, -0.2) is 4.98 Å². The van der Waals surface area contributed by atoms with Gasteiger partial charge < -0.3 is 15.2 Å². The van der Waals surface area contributed by atoms with Crippen LogP contribution < -0.4 is 10.6 Å². The van der Waals surface area contributed by atoms with Crippen molar-refractivity contribution in [1.29, 1.82) is 0 Å². The van der Waals surface area contributed by atoms with Gasteiger partial charge in [0, 0.05) is 31.4 Å². The van der Waals surface area contributed by atoms with E-state index in [1.54, 1.807) is 6.33 Å². The van der Waals surface area contributed by atoms with Crippen LogP contribution in [-0.2, 0) is 19.3 Å². The summed E-state index contributed by atoms with van der Waals surface area (Å²) in [5.74, 6) is 1.06. The number of nitrogens with one attached hydrogen (secondary N) is 2. The molecule has 0 radical (unpaired) electrons. The Bertz CT molecular complexity index is 1580. The number of halogens is 3. The summed E-state index contributed by atoms with van der Waals surface area (Å²) in [5, 5.41) is 6.89. The quantitative estimate of drug-likeness (QED) is 0.221. The first-order valence-corrected chi connectivity index (χ1v) is 13.6. The van der Waals surface area contributed by atoms with E-state index < -0.39 is 11.7 Å². The molecule has 3 aromatic carbocycles. The van der Waals surface area contributed by atoms with E-state index in [4.69, 9.17) is 9.97 Å². The van der Waals surface area contributed by atoms with Gasteiger partial charge in [0.05, 0.1) is 18.4 Å². The standard InChI is InChI=1S/C31H30F3N7/c32-31(33,34)24-13-11-23(12-14-24)20-41-21-35-27-28(36-25-9-5-2-6-10-25)38-30(39-29(27)41)37-26-15-17-40(18-16-26)19-22-7-3-1-4-8-22/h1-14,21,26H,15-20H2,(H2,36,37,38,39). The van der Waals surface area contributed by atoms with Gasteiger partial charge in [-0.3, -0.25) is 4.90 Å². The predicted octanol–water partition coefficient (Wildman–Crippen LogP) is 6.71. The molecular weight excluding hydrogens is 527 g/mol. The second-order valence-corrected chi connectivity index (χ2v) is 10.3. The van der Waals surface area contributed by atoms with Crippen molar-refractivity contribution in [3.05, 3.63) is 108 Å². The molecule has 1 fully saturated rings. The number of rotatable bonds is 8. The lowest BCUT2D eigenvalue weighted by Gasteiger charge is -2.32. The maximum Gasteiger partial charge on any atom is 0.416 e. The summed E-state index contributed by atoms with van der Waals surface area (Å²) in [4.78, 5) is 16.6. The molecule has 5 aromatic rings. The minimum Gasteiger partial charge on any atom is -0.351 e. The molecule has 0 unspecified atom stereocenters. The average molecular weight is 558 g/mol. The molecule has 7 nitrogen and oxygen atoms in total. The number of alkyl halides is 3. The fraction of sp³-hybridized carbons (Fsp3) is 0.258. The fourth-order valence-corrected chi connectivity index (χ4v) is 5.13. The molecule has 0 amide bonds. The van der Waals surface area contributed by atoms with Crippen LogP contribution in [0.1, 0.15) is 29.5 Å². The van der Waals surface area contributed by atoms with Crippen LogP contribution in [0.15, 0.2) is 91.3 Å². The van der Waals surface area contributed by atoms with Crippen LogP contribution in [0.25, 0.3) is 11.2 Å². The Kier molecular flexibility index (Phi) is 7.56. The number of hydrogen-bond donors (Lipinski definition) is 2. The molecule has 0 saturated carbocycles. The smallest absolute Gasteiger partial charge is 0.351 e. The summed E-state index contributed by atoms with van der Waals surface area (Å²) in [6.07, 6.45) is -0.802. The van der Waals surface area contributed by atoms with E-state index in [0.717, 1.165) is 50.3 Å². The molecular formula is C31H30F3N7. The third-order valence-corrected chi connectivity index (χ3v) is 7.30. The number of likely N-dealkylation sites (tertiary alicyclic amines) is 1. The Morgan fingerprint density at radius 1 is 0.780 bits per heavy atom. The van der Waals surface area contributed by atoms with Crippen LogP contribution >= 0.6 is 0 Å². The largest absolute Gasteiger partial charge is 0.416 e. The molecule has 0 spiro atoms. The Balaban J connectivity index is 1.23. The molecule has 0 aliphatic carbocycles. The van der Waals surface area contributed by atoms with Gasteiger partial charge in [0.15, 0.2) is 17.0 Å². The zero-order valence-corrected chi connectivity index (χ0v) is 22.4. The number of benzene rings is 3. The molecule has 41 heavy (non-hydrogen) atoms. The van der Waals surface area contributed by atoms with E-state index in [2.05, 4.69) is 44.8 Å². The Morgan fingerprint density at radius 2 is 1.44 bits per heavy atom. The molecule has 2 N–H and O–H groups in total. The van der Waals surface area contributed by atoms with Crippen LogP contribution in [0.2, 0.25) is 0 Å². The van der Waals surface area contributed by atoms with E-state index in [0.29, 0.717) is 35.0 Å². The lowest BCUT2D eigenvalue weighted by Crippen LogP contribution is -2.39. The van der Waals surface area contributed by atoms with Crippen molar-refractivity contribution >= 4 is 28.6 Å². The maximum absolute atomic E-state index is 13.0. The van der Waals surface area contributed by atoms with Crippen LogP contribution in [0.5, 0.6) is 0 Å². The summed E-state index contributed by atoms with van der Waals surface area (Å²) in [7, 11) is 0. The van der Waals surface area contributed by atoms with Gasteiger partial charge >= 0.3 is 6.18 Å². The van der Waals surface area contributed by atoms with Gasteiger partial charge in [-0.05, 0) is 48.2 Å². The highest BCUT2D eigenvalue weighted by molar-refractivity contribution is 5.86. The topological polar surface area (TPSA) is 70.9 Å². The Hall–Kier alpha value is -4.44. The molecule has 1 aliphatic rings. The van der Waals surface area contributed by atoms with Gasteiger partial charge in [0.1, 0.15) is 0 Å². The van der Waals surface area contributed by atoms with Crippen LogP contribution in [0, 0.1) is 0 Å². The average Bonchev–Trinajstić information content (AvgIpc) is 3.38. The van der Waals surface area contributed by atoms with Crippen molar-refractivity contribution in [2.45, 2.75) is 38.1 Å². The summed E-state index contributed by atoms with van der Waals surface area (Å²) >= 11 is 0. The third kappa shape index (κ3) is 6.49. The number of piperidine rings is 1. The van der Waals surface area contributed by atoms with E-state index in [9.17, 15) is 13.2 Å². The number of fused-ring (bicyclic) bond motifs is 1. The highest BCUT2D eigenvalue weighted by Crippen LogP contribution is 2.30. The molecule has 2 aromatic heterocycles. The van der Waals surface area contributed by atoms with Gasteiger partial charge in [0.2, 0.25) is 5.95 Å². The normalized spacial score (nSPS) is 14.8. The maximum atomic E-state index is 13.0. The molecule has 0 atom stereocenters. The predicted molar refractivity (Wildman–Crippen MR) is 154 cm³/mol. The molecule has 10 heteroatoms. The van der Waals surface area contributed by atoms with Crippen molar-refractivity contribution in [1.82, 2.24) is 24.4 Å². The monoisotopic (exact) mass is 557 g/mol. The van der Waals surface area contributed by atoms with Gasteiger partial charge in [-0.1, -0.05) is 60.7 Å². The number of aromatic nitrogens is 4. The van der Waals surface area contributed by atoms with Crippen molar-refractivity contribution in [2.24, 2.45) is 0 Å². The first-order valence-electron chi connectivity index (χ1n) is 13.6. The molecule has 1 aliphatic heterocycles. The van der Waals surface area contributed by atoms with Crippen LogP contribution in [-0.4, -0.2) is 43.6 Å². The Morgan fingerprint density at radius 3 is 2.12 bits per heavy atom. The van der Waals surface area contributed by atoms with E-state index in [-0.39, 0.29) is 6.04 Å². The lowest BCUT2D eigenvalue weighted by molar-refractivity contribution is -0.137. The second kappa shape index (κ2) is 11.6. The van der Waals surface area contributed by atoms with E-state index in [1.807, 2.05) is 41.0 Å². The molecule has 210 valence electrons. The zero-order chi connectivity index (χ0) is 28.2. The summed E-state index contributed by atoms with van der Waals surface area (Å²) in [5.41, 5.74) is 3.41. The molecule has 3 heterocycles. The number of para-hydroxylation sites is 1. The second-order valence-electron chi connectivity index (χ2n) is 10.3. The van der Waals surface area contributed by atoms with Crippen molar-refractivity contribution in [3.63, 3.8) is 0 Å². The van der Waals surface area contributed by atoms with Crippen molar-refractivity contribution in [3.8, 4) is 0 Å². The van der Waals surface area contributed by atoms with Crippen molar-refractivity contribution < 1.29 is 13.2 Å². The minimum atomic E-state index is -4.37. The SMILES string of the molecule is FC(F)(F)c1ccc(Cn2cnc3c(Nc4ccccc4)nc(NC4CCN(Cc5ccccc5)CC4)nc32)cc1. The van der Waals surface area contributed by atoms with Crippen molar-refractivity contribution in [2.75, 3.05) is 23.7 Å². The zero-order valence-electron chi connectivity index (χ0n) is 22.4. The van der Waals surface area contributed by atoms with E-state index >= 15 is 0 Å². The fourth-order valence-electron chi connectivity index (χ4n) is 5.13. The molecule has 1 saturated heterocycles. The highest BCUT2D eigenvalue weighted by atomic mass is 19.4. The number of imidazole rings is 1. The number of hydrogen-bond acceptors (Lipinski definition) is 6. The lowest BCUT2D eigenvalue weighted by atomic mass is 10.0. The molecule has 6 rings (SSSR count). The minimum absolute atomic E-state index is 0.218. The third-order valence-electron chi connectivity index (χ3n) is 7.30. The first kappa shape index (κ1) is 26.8. The van der Waals surface area contributed by atoms with Gasteiger partial charge in [0.25, 0.3) is 0 Å². The van der Waals surface area contributed by atoms with Crippen LogP contribution in [0.3, 0.4) is 0 Å². The summed E-state index contributed by atoms with van der Waals surface area (Å²) in [6, 6.07) is 25.6. The number of nitrogens with zero attached hydrogens (tertiary/aromatic N) is 5. The van der Waals surface area contributed by atoms with Crippen LogP contribution in [0.4, 0.5) is 30.6 Å². The first-order chi connectivity index (χ1) is 19.9. The molecule has 0 bridgehead atoms. The summed E-state index contributed by atoms with van der Waals surface area (Å²) in [6.45, 7) is 3.20. The number of anilines is 3.